The molecule has 144 valence electrons. The van der Waals surface area contributed by atoms with E-state index < -0.39 is 0 Å². The average Bonchev–Trinajstić information content (AvgIpc) is 2.72. The standard InChI is InChI=1S/C25H32O2/c1-2-3-4-5-6-7-8-12-21-27-24-18-16-23(17-19-24)25(26)20-15-22-13-10-9-11-14-22/h9-11,13-20H,2-8,12,21H2,1H3/b20-15+. The Labute approximate surface area is 164 Å². The number of hydrogen-bond acceptors (Lipinski definition) is 2. The summed E-state index contributed by atoms with van der Waals surface area (Å²) in [7, 11) is 0. The molecule has 0 saturated heterocycles. The Morgan fingerprint density at radius 3 is 2.11 bits per heavy atom. The number of carbonyl (C=O) groups excluding carboxylic acids is 1. The molecule has 0 aromatic heterocycles. The van der Waals surface area contributed by atoms with Crippen molar-refractivity contribution in [3.8, 4) is 5.75 Å². The average molecular weight is 365 g/mol. The van der Waals surface area contributed by atoms with E-state index >= 15 is 0 Å². The summed E-state index contributed by atoms with van der Waals surface area (Å²) < 4.78 is 5.79. The highest BCUT2D eigenvalue weighted by atomic mass is 16.5. The van der Waals surface area contributed by atoms with Crippen LogP contribution in [0.25, 0.3) is 6.08 Å². The minimum atomic E-state index is 0.00785. The lowest BCUT2D eigenvalue weighted by molar-refractivity contribution is 0.104. The minimum absolute atomic E-state index is 0.00785. The van der Waals surface area contributed by atoms with Crippen molar-refractivity contribution in [1.29, 1.82) is 0 Å². The maximum Gasteiger partial charge on any atom is 0.185 e. The SMILES string of the molecule is CCCCCCCCCCOc1ccc(C(=O)/C=C/c2ccccc2)cc1. The van der Waals surface area contributed by atoms with Crippen molar-refractivity contribution in [2.24, 2.45) is 0 Å². The van der Waals surface area contributed by atoms with Crippen molar-refractivity contribution >= 4 is 11.9 Å². The molecule has 0 aliphatic heterocycles. The van der Waals surface area contributed by atoms with Crippen LogP contribution in [0.1, 0.15) is 74.2 Å². The molecule has 2 aromatic rings. The van der Waals surface area contributed by atoms with E-state index in [2.05, 4.69) is 6.92 Å². The molecule has 0 N–H and O–H groups in total. The molecular formula is C25H32O2. The second kappa shape index (κ2) is 12.9. The number of carbonyl (C=O) groups is 1. The fraction of sp³-hybridized carbons (Fsp3) is 0.400. The van der Waals surface area contributed by atoms with Gasteiger partial charge in [0.25, 0.3) is 0 Å². The monoisotopic (exact) mass is 364 g/mol. The Kier molecular flexibility index (Phi) is 10.0. The Balaban J connectivity index is 1.64. The number of rotatable bonds is 13. The Bertz CT molecular complexity index is 671. The second-order valence-corrected chi connectivity index (χ2v) is 6.96. The zero-order valence-corrected chi connectivity index (χ0v) is 16.5. The van der Waals surface area contributed by atoms with Crippen LogP contribution in [0.4, 0.5) is 0 Å². The Hall–Kier alpha value is -2.35. The summed E-state index contributed by atoms with van der Waals surface area (Å²) in [6.45, 7) is 3.00. The van der Waals surface area contributed by atoms with Crippen molar-refractivity contribution in [3.05, 3.63) is 71.8 Å². The Morgan fingerprint density at radius 1 is 0.815 bits per heavy atom. The molecule has 0 atom stereocenters. The van der Waals surface area contributed by atoms with Gasteiger partial charge in [-0.2, -0.15) is 0 Å². The molecule has 0 fully saturated rings. The summed E-state index contributed by atoms with van der Waals surface area (Å²) >= 11 is 0. The van der Waals surface area contributed by atoms with Crippen LogP contribution in [0.5, 0.6) is 5.75 Å². The highest BCUT2D eigenvalue weighted by Crippen LogP contribution is 2.15. The van der Waals surface area contributed by atoms with Crippen LogP contribution in [-0.2, 0) is 0 Å². The zero-order valence-electron chi connectivity index (χ0n) is 16.5. The van der Waals surface area contributed by atoms with E-state index in [0.717, 1.165) is 24.3 Å². The van der Waals surface area contributed by atoms with Crippen LogP contribution < -0.4 is 4.74 Å². The summed E-state index contributed by atoms with van der Waals surface area (Å²) in [6, 6.07) is 17.3. The summed E-state index contributed by atoms with van der Waals surface area (Å²) in [6.07, 6.45) is 13.8. The molecule has 0 aliphatic rings. The van der Waals surface area contributed by atoms with Gasteiger partial charge in [0.2, 0.25) is 0 Å². The molecule has 2 rings (SSSR count). The van der Waals surface area contributed by atoms with Crippen LogP contribution in [0, 0.1) is 0 Å². The van der Waals surface area contributed by atoms with Crippen LogP contribution in [0.15, 0.2) is 60.7 Å². The van der Waals surface area contributed by atoms with Gasteiger partial charge in [-0.05, 0) is 42.3 Å². The maximum absolute atomic E-state index is 12.2. The smallest absolute Gasteiger partial charge is 0.185 e. The first kappa shape index (κ1) is 21.0. The normalized spacial score (nSPS) is 11.0. The van der Waals surface area contributed by atoms with Crippen LogP contribution in [0.3, 0.4) is 0 Å². The Morgan fingerprint density at radius 2 is 1.44 bits per heavy atom. The van der Waals surface area contributed by atoms with E-state index in [1.54, 1.807) is 6.08 Å². The van der Waals surface area contributed by atoms with Gasteiger partial charge in [0, 0.05) is 5.56 Å². The first-order valence-corrected chi connectivity index (χ1v) is 10.3. The van der Waals surface area contributed by atoms with Gasteiger partial charge >= 0.3 is 0 Å². The number of ketones is 1. The molecule has 0 aliphatic carbocycles. The first-order chi connectivity index (χ1) is 13.3. The molecule has 0 amide bonds. The van der Waals surface area contributed by atoms with E-state index in [-0.39, 0.29) is 5.78 Å². The molecule has 2 aromatic carbocycles. The van der Waals surface area contributed by atoms with E-state index in [9.17, 15) is 4.79 Å². The summed E-state index contributed by atoms with van der Waals surface area (Å²) in [5, 5.41) is 0. The zero-order chi connectivity index (χ0) is 19.2. The van der Waals surface area contributed by atoms with Gasteiger partial charge in [0.05, 0.1) is 6.61 Å². The summed E-state index contributed by atoms with van der Waals surface area (Å²) in [5.41, 5.74) is 1.71. The van der Waals surface area contributed by atoms with Crippen LogP contribution in [0.2, 0.25) is 0 Å². The van der Waals surface area contributed by atoms with Gasteiger partial charge in [-0.3, -0.25) is 4.79 Å². The van der Waals surface area contributed by atoms with Gasteiger partial charge in [0.15, 0.2) is 5.78 Å². The van der Waals surface area contributed by atoms with Gasteiger partial charge in [0.1, 0.15) is 5.75 Å². The molecule has 2 nitrogen and oxygen atoms in total. The van der Waals surface area contributed by atoms with E-state index in [4.69, 9.17) is 4.74 Å². The third kappa shape index (κ3) is 8.72. The molecule has 27 heavy (non-hydrogen) atoms. The second-order valence-electron chi connectivity index (χ2n) is 6.96. The first-order valence-electron chi connectivity index (χ1n) is 10.3. The lowest BCUT2D eigenvalue weighted by Crippen LogP contribution is -1.99. The number of unbranched alkanes of at least 4 members (excludes halogenated alkanes) is 7. The molecule has 2 heteroatoms. The lowest BCUT2D eigenvalue weighted by atomic mass is 10.1. The third-order valence-corrected chi connectivity index (χ3v) is 4.63. The molecule has 0 unspecified atom stereocenters. The molecule has 0 bridgehead atoms. The molecule has 0 saturated carbocycles. The number of hydrogen-bond donors (Lipinski definition) is 0. The summed E-state index contributed by atoms with van der Waals surface area (Å²) in [5.74, 6) is 0.843. The van der Waals surface area contributed by atoms with Crippen molar-refractivity contribution < 1.29 is 9.53 Å². The fourth-order valence-corrected chi connectivity index (χ4v) is 2.97. The highest BCUT2D eigenvalue weighted by Gasteiger charge is 2.02. The highest BCUT2D eigenvalue weighted by molar-refractivity contribution is 6.06. The van der Waals surface area contributed by atoms with E-state index in [1.165, 1.54) is 44.9 Å². The predicted molar refractivity (Wildman–Crippen MR) is 114 cm³/mol. The lowest BCUT2D eigenvalue weighted by Gasteiger charge is -2.06. The molecule has 0 radical (unpaired) electrons. The fourth-order valence-electron chi connectivity index (χ4n) is 2.97. The minimum Gasteiger partial charge on any atom is -0.494 e. The van der Waals surface area contributed by atoms with Crippen molar-refractivity contribution in [2.45, 2.75) is 58.3 Å². The van der Waals surface area contributed by atoms with Crippen LogP contribution >= 0.6 is 0 Å². The van der Waals surface area contributed by atoms with Gasteiger partial charge in [-0.15, -0.1) is 0 Å². The number of ether oxygens (including phenoxy) is 1. The van der Waals surface area contributed by atoms with Crippen molar-refractivity contribution in [3.63, 3.8) is 0 Å². The molecule has 0 spiro atoms. The molecular weight excluding hydrogens is 332 g/mol. The van der Waals surface area contributed by atoms with Crippen molar-refractivity contribution in [2.75, 3.05) is 6.61 Å². The third-order valence-electron chi connectivity index (χ3n) is 4.63. The molecule has 0 heterocycles. The van der Waals surface area contributed by atoms with Gasteiger partial charge in [-0.1, -0.05) is 88.3 Å². The van der Waals surface area contributed by atoms with E-state index in [0.29, 0.717) is 5.56 Å². The van der Waals surface area contributed by atoms with Crippen molar-refractivity contribution in [1.82, 2.24) is 0 Å². The topological polar surface area (TPSA) is 26.3 Å². The van der Waals surface area contributed by atoms with Gasteiger partial charge in [-0.25, -0.2) is 0 Å². The quantitative estimate of drug-likeness (QED) is 0.215. The summed E-state index contributed by atoms with van der Waals surface area (Å²) in [4.78, 5) is 12.2. The number of allylic oxidation sites excluding steroid dienone is 1. The van der Waals surface area contributed by atoms with E-state index in [1.807, 2.05) is 60.7 Å². The number of benzene rings is 2. The largest absolute Gasteiger partial charge is 0.494 e. The predicted octanol–water partition coefficient (Wildman–Crippen LogP) is 7.10. The van der Waals surface area contributed by atoms with Gasteiger partial charge < -0.3 is 4.74 Å². The maximum atomic E-state index is 12.2. The van der Waals surface area contributed by atoms with Crippen LogP contribution in [-0.4, -0.2) is 12.4 Å².